The Labute approximate surface area is 170 Å². The Morgan fingerprint density at radius 3 is 2.54 bits per heavy atom. The SMILES string of the molecule is COc1cccc(NC2=C(c3cccs3)C(=O)N(c3ccccc3Cl)C2=O)c1. The molecule has 7 heteroatoms. The molecular weight excluding hydrogens is 396 g/mol. The van der Waals surface area contributed by atoms with Gasteiger partial charge in [-0.2, -0.15) is 0 Å². The average Bonchev–Trinajstić information content (AvgIpc) is 3.30. The zero-order chi connectivity index (χ0) is 19.7. The van der Waals surface area contributed by atoms with Crippen LogP contribution in [0.2, 0.25) is 5.02 Å². The molecule has 3 aromatic rings. The predicted octanol–water partition coefficient (Wildman–Crippen LogP) is 4.81. The van der Waals surface area contributed by atoms with Crippen molar-refractivity contribution in [2.24, 2.45) is 0 Å². The van der Waals surface area contributed by atoms with Gasteiger partial charge in [-0.15, -0.1) is 11.3 Å². The molecule has 1 aromatic heterocycles. The van der Waals surface area contributed by atoms with Crippen LogP contribution in [-0.2, 0) is 9.59 Å². The number of hydrogen-bond donors (Lipinski definition) is 1. The van der Waals surface area contributed by atoms with Gasteiger partial charge in [0.1, 0.15) is 11.4 Å². The van der Waals surface area contributed by atoms with E-state index in [1.807, 2.05) is 17.5 Å². The molecule has 1 N–H and O–H groups in total. The largest absolute Gasteiger partial charge is 0.497 e. The molecule has 140 valence electrons. The number of methoxy groups -OCH3 is 1. The summed E-state index contributed by atoms with van der Waals surface area (Å²) in [6.45, 7) is 0. The van der Waals surface area contributed by atoms with Crippen LogP contribution in [0.1, 0.15) is 4.88 Å². The first-order valence-corrected chi connectivity index (χ1v) is 9.68. The molecule has 5 nitrogen and oxygen atoms in total. The van der Waals surface area contributed by atoms with Gasteiger partial charge in [0.05, 0.1) is 23.4 Å². The fourth-order valence-electron chi connectivity index (χ4n) is 2.99. The number of carbonyl (C=O) groups is 2. The molecule has 0 bridgehead atoms. The molecule has 1 aliphatic heterocycles. The van der Waals surface area contributed by atoms with E-state index in [1.54, 1.807) is 55.6 Å². The minimum Gasteiger partial charge on any atom is -0.497 e. The number of carbonyl (C=O) groups excluding carboxylic acids is 2. The van der Waals surface area contributed by atoms with Crippen molar-refractivity contribution in [1.82, 2.24) is 0 Å². The first-order valence-electron chi connectivity index (χ1n) is 8.42. The average molecular weight is 411 g/mol. The van der Waals surface area contributed by atoms with Gasteiger partial charge in [-0.25, -0.2) is 4.90 Å². The Morgan fingerprint density at radius 1 is 1.00 bits per heavy atom. The monoisotopic (exact) mass is 410 g/mol. The maximum Gasteiger partial charge on any atom is 0.282 e. The summed E-state index contributed by atoms with van der Waals surface area (Å²) in [6, 6.07) is 17.6. The van der Waals surface area contributed by atoms with Crippen LogP contribution in [0.5, 0.6) is 5.75 Å². The number of para-hydroxylation sites is 1. The first-order chi connectivity index (χ1) is 13.6. The third-order valence-electron chi connectivity index (χ3n) is 4.28. The van der Waals surface area contributed by atoms with Crippen LogP contribution in [-0.4, -0.2) is 18.9 Å². The maximum atomic E-state index is 13.2. The second-order valence-corrected chi connectivity index (χ2v) is 7.34. The summed E-state index contributed by atoms with van der Waals surface area (Å²) in [5, 5.41) is 5.30. The molecule has 1 aliphatic rings. The number of rotatable bonds is 5. The highest BCUT2D eigenvalue weighted by molar-refractivity contribution is 7.11. The third kappa shape index (κ3) is 3.17. The van der Waals surface area contributed by atoms with E-state index in [2.05, 4.69) is 5.32 Å². The first kappa shape index (κ1) is 18.3. The Hall–Kier alpha value is -3.09. The normalized spacial score (nSPS) is 14.0. The summed E-state index contributed by atoms with van der Waals surface area (Å²) in [5.41, 5.74) is 1.53. The second-order valence-electron chi connectivity index (χ2n) is 5.98. The van der Waals surface area contributed by atoms with Crippen LogP contribution in [0.25, 0.3) is 5.57 Å². The molecule has 0 saturated carbocycles. The number of nitrogens with zero attached hydrogens (tertiary/aromatic N) is 1. The molecule has 0 unspecified atom stereocenters. The van der Waals surface area contributed by atoms with E-state index >= 15 is 0 Å². The molecule has 0 fully saturated rings. The van der Waals surface area contributed by atoms with Crippen molar-refractivity contribution < 1.29 is 14.3 Å². The van der Waals surface area contributed by atoms with Crippen molar-refractivity contribution in [3.63, 3.8) is 0 Å². The lowest BCUT2D eigenvalue weighted by Gasteiger charge is -2.16. The smallest absolute Gasteiger partial charge is 0.282 e. The number of amides is 2. The van der Waals surface area contributed by atoms with E-state index in [0.717, 1.165) is 4.90 Å². The fraction of sp³-hybridized carbons (Fsp3) is 0.0476. The van der Waals surface area contributed by atoms with Gasteiger partial charge in [0.15, 0.2) is 0 Å². The van der Waals surface area contributed by atoms with Gasteiger partial charge in [-0.05, 0) is 35.7 Å². The Bertz CT molecular complexity index is 1090. The van der Waals surface area contributed by atoms with Crippen LogP contribution in [0, 0.1) is 0 Å². The van der Waals surface area contributed by atoms with E-state index in [1.165, 1.54) is 11.3 Å². The highest BCUT2D eigenvalue weighted by Gasteiger charge is 2.41. The highest BCUT2D eigenvalue weighted by atomic mass is 35.5. The number of ether oxygens (including phenoxy) is 1. The van der Waals surface area contributed by atoms with E-state index in [0.29, 0.717) is 32.6 Å². The van der Waals surface area contributed by atoms with Gasteiger partial charge in [-0.3, -0.25) is 9.59 Å². The summed E-state index contributed by atoms with van der Waals surface area (Å²) in [6.07, 6.45) is 0. The van der Waals surface area contributed by atoms with Crippen molar-refractivity contribution in [1.29, 1.82) is 0 Å². The highest BCUT2D eigenvalue weighted by Crippen LogP contribution is 2.38. The summed E-state index contributed by atoms with van der Waals surface area (Å²) in [5.74, 6) is -0.224. The molecule has 2 heterocycles. The molecule has 2 amide bonds. The Kier molecular flexibility index (Phi) is 4.90. The molecule has 2 aromatic carbocycles. The molecule has 4 rings (SSSR count). The van der Waals surface area contributed by atoms with Gasteiger partial charge in [-0.1, -0.05) is 35.9 Å². The number of imide groups is 1. The zero-order valence-corrected chi connectivity index (χ0v) is 16.4. The van der Waals surface area contributed by atoms with Gasteiger partial charge in [0.25, 0.3) is 11.8 Å². The minimum absolute atomic E-state index is 0.209. The lowest BCUT2D eigenvalue weighted by molar-refractivity contribution is -0.120. The van der Waals surface area contributed by atoms with Crippen LogP contribution in [0.4, 0.5) is 11.4 Å². The standard InChI is InChI=1S/C21H15ClN2O3S/c1-27-14-7-4-6-13(12-14)23-19-18(17-10-5-11-28-17)20(25)24(21(19)26)16-9-3-2-8-15(16)22/h2-12,23H,1H3. The summed E-state index contributed by atoms with van der Waals surface area (Å²) in [4.78, 5) is 28.3. The minimum atomic E-state index is -0.454. The molecule has 0 radical (unpaired) electrons. The van der Waals surface area contributed by atoms with Gasteiger partial charge >= 0.3 is 0 Å². The van der Waals surface area contributed by atoms with Crippen molar-refractivity contribution in [3.05, 3.63) is 81.6 Å². The Balaban J connectivity index is 1.81. The van der Waals surface area contributed by atoms with Crippen molar-refractivity contribution >= 4 is 51.7 Å². The number of anilines is 2. The lowest BCUT2D eigenvalue weighted by Crippen LogP contribution is -2.32. The molecule has 0 saturated heterocycles. The van der Waals surface area contributed by atoms with Crippen molar-refractivity contribution in [3.8, 4) is 5.75 Å². The molecule has 0 spiro atoms. The molecule has 28 heavy (non-hydrogen) atoms. The number of thiophene rings is 1. The van der Waals surface area contributed by atoms with Crippen LogP contribution < -0.4 is 15.0 Å². The van der Waals surface area contributed by atoms with E-state index in [-0.39, 0.29) is 5.70 Å². The molecular formula is C21H15ClN2O3S. The van der Waals surface area contributed by atoms with E-state index in [9.17, 15) is 9.59 Å². The maximum absolute atomic E-state index is 13.2. The number of nitrogens with one attached hydrogen (secondary N) is 1. The topological polar surface area (TPSA) is 58.6 Å². The van der Waals surface area contributed by atoms with Gasteiger partial charge in [0.2, 0.25) is 0 Å². The van der Waals surface area contributed by atoms with E-state index < -0.39 is 11.8 Å². The van der Waals surface area contributed by atoms with Crippen LogP contribution >= 0.6 is 22.9 Å². The molecule has 0 atom stereocenters. The summed E-state index contributed by atoms with van der Waals surface area (Å²) < 4.78 is 5.24. The summed E-state index contributed by atoms with van der Waals surface area (Å²) >= 11 is 7.65. The second kappa shape index (κ2) is 7.50. The van der Waals surface area contributed by atoms with Crippen molar-refractivity contribution in [2.45, 2.75) is 0 Å². The lowest BCUT2D eigenvalue weighted by atomic mass is 10.2. The quantitative estimate of drug-likeness (QED) is 0.613. The van der Waals surface area contributed by atoms with Crippen LogP contribution in [0.15, 0.2) is 71.7 Å². The predicted molar refractivity (Wildman–Crippen MR) is 112 cm³/mol. The number of benzene rings is 2. The molecule has 0 aliphatic carbocycles. The van der Waals surface area contributed by atoms with Crippen molar-refractivity contribution in [2.75, 3.05) is 17.3 Å². The number of halogens is 1. The zero-order valence-electron chi connectivity index (χ0n) is 14.8. The Morgan fingerprint density at radius 2 is 1.82 bits per heavy atom. The fourth-order valence-corrected chi connectivity index (χ4v) is 3.98. The summed E-state index contributed by atoms with van der Waals surface area (Å²) in [7, 11) is 1.57. The van der Waals surface area contributed by atoms with Crippen LogP contribution in [0.3, 0.4) is 0 Å². The number of hydrogen-bond acceptors (Lipinski definition) is 5. The van der Waals surface area contributed by atoms with Gasteiger partial charge in [0, 0.05) is 16.6 Å². The van der Waals surface area contributed by atoms with Gasteiger partial charge < -0.3 is 10.1 Å². The third-order valence-corrected chi connectivity index (χ3v) is 5.49. The van der Waals surface area contributed by atoms with E-state index in [4.69, 9.17) is 16.3 Å².